The molecule has 4 heteroatoms. The molecule has 3 heterocycles. The van der Waals surface area contributed by atoms with Gasteiger partial charge in [-0.3, -0.25) is 4.98 Å². The van der Waals surface area contributed by atoms with Gasteiger partial charge in [0.2, 0.25) is 0 Å². The second-order valence-corrected chi connectivity index (χ2v) is 4.67. The Labute approximate surface area is 112 Å². The third kappa shape index (κ3) is 2.27. The van der Waals surface area contributed by atoms with Gasteiger partial charge < -0.3 is 4.90 Å². The number of nitrogens with zero attached hydrogens (tertiary/aromatic N) is 4. The number of pyridine rings is 2. The maximum absolute atomic E-state index is 9.13. The van der Waals surface area contributed by atoms with Gasteiger partial charge in [0.15, 0.2) is 0 Å². The Bertz CT molecular complexity index is 603. The summed E-state index contributed by atoms with van der Waals surface area (Å²) in [5.41, 5.74) is 1.77. The Kier molecular flexibility index (Phi) is 3.11. The molecule has 2 aromatic rings. The van der Waals surface area contributed by atoms with Gasteiger partial charge in [0.05, 0.1) is 5.56 Å². The highest BCUT2D eigenvalue weighted by atomic mass is 15.2. The van der Waals surface area contributed by atoms with Crippen LogP contribution in [-0.2, 0) is 0 Å². The van der Waals surface area contributed by atoms with Gasteiger partial charge >= 0.3 is 0 Å². The van der Waals surface area contributed by atoms with Crippen molar-refractivity contribution in [2.24, 2.45) is 0 Å². The van der Waals surface area contributed by atoms with Crippen LogP contribution in [0.15, 0.2) is 42.7 Å². The molecule has 94 valence electrons. The summed E-state index contributed by atoms with van der Waals surface area (Å²) >= 11 is 0. The third-order valence-electron chi connectivity index (χ3n) is 3.50. The first kappa shape index (κ1) is 11.7. The van der Waals surface area contributed by atoms with Gasteiger partial charge in [-0.2, -0.15) is 5.26 Å². The SMILES string of the molecule is N#Cc1cccnc1N1CC[C@H](c2ccccn2)C1. The maximum Gasteiger partial charge on any atom is 0.146 e. The van der Waals surface area contributed by atoms with Crippen molar-refractivity contribution < 1.29 is 0 Å². The third-order valence-corrected chi connectivity index (χ3v) is 3.50. The predicted molar refractivity (Wildman–Crippen MR) is 72.8 cm³/mol. The number of hydrogen-bond acceptors (Lipinski definition) is 4. The Morgan fingerprint density at radius 1 is 1.16 bits per heavy atom. The Balaban J connectivity index is 1.81. The minimum absolute atomic E-state index is 0.426. The van der Waals surface area contributed by atoms with Gasteiger partial charge in [0, 0.05) is 37.1 Å². The van der Waals surface area contributed by atoms with Gasteiger partial charge in [0.1, 0.15) is 11.9 Å². The quantitative estimate of drug-likeness (QED) is 0.821. The molecule has 3 rings (SSSR count). The summed E-state index contributed by atoms with van der Waals surface area (Å²) in [6.45, 7) is 1.80. The second-order valence-electron chi connectivity index (χ2n) is 4.67. The van der Waals surface area contributed by atoms with Crippen LogP contribution in [0.1, 0.15) is 23.6 Å². The van der Waals surface area contributed by atoms with Crippen LogP contribution in [0.4, 0.5) is 5.82 Å². The molecule has 1 fully saturated rings. The average Bonchev–Trinajstić information content (AvgIpc) is 2.98. The lowest BCUT2D eigenvalue weighted by atomic mass is 10.0. The highest BCUT2D eigenvalue weighted by molar-refractivity contribution is 5.54. The molecule has 1 aliphatic rings. The lowest BCUT2D eigenvalue weighted by Gasteiger charge is -2.18. The van der Waals surface area contributed by atoms with Crippen molar-refractivity contribution in [3.63, 3.8) is 0 Å². The summed E-state index contributed by atoms with van der Waals surface area (Å²) in [6, 6.07) is 11.8. The smallest absolute Gasteiger partial charge is 0.146 e. The van der Waals surface area contributed by atoms with E-state index in [9.17, 15) is 0 Å². The molecule has 1 saturated heterocycles. The number of aromatic nitrogens is 2. The lowest BCUT2D eigenvalue weighted by molar-refractivity contribution is 0.744. The van der Waals surface area contributed by atoms with Crippen LogP contribution < -0.4 is 4.90 Å². The van der Waals surface area contributed by atoms with Crippen molar-refractivity contribution in [3.8, 4) is 6.07 Å². The van der Waals surface area contributed by atoms with E-state index in [0.717, 1.165) is 31.0 Å². The molecule has 0 aliphatic carbocycles. The molecule has 0 aromatic carbocycles. The van der Waals surface area contributed by atoms with E-state index in [1.165, 1.54) is 0 Å². The molecule has 0 N–H and O–H groups in total. The van der Waals surface area contributed by atoms with Gasteiger partial charge in [-0.05, 0) is 30.7 Å². The van der Waals surface area contributed by atoms with Crippen molar-refractivity contribution in [2.45, 2.75) is 12.3 Å². The van der Waals surface area contributed by atoms with E-state index in [4.69, 9.17) is 5.26 Å². The number of nitriles is 1. The number of hydrogen-bond donors (Lipinski definition) is 0. The summed E-state index contributed by atoms with van der Waals surface area (Å²) in [6.07, 6.45) is 4.63. The fraction of sp³-hybridized carbons (Fsp3) is 0.267. The van der Waals surface area contributed by atoms with Crippen LogP contribution in [0, 0.1) is 11.3 Å². The molecular formula is C15H14N4. The largest absolute Gasteiger partial charge is 0.355 e. The fourth-order valence-electron chi connectivity index (χ4n) is 2.55. The van der Waals surface area contributed by atoms with E-state index >= 15 is 0 Å². The van der Waals surface area contributed by atoms with Crippen molar-refractivity contribution in [1.29, 1.82) is 5.26 Å². The first-order valence-electron chi connectivity index (χ1n) is 6.39. The van der Waals surface area contributed by atoms with Gasteiger partial charge in [-0.15, -0.1) is 0 Å². The van der Waals surface area contributed by atoms with Gasteiger partial charge in [-0.1, -0.05) is 6.07 Å². The average molecular weight is 250 g/mol. The van der Waals surface area contributed by atoms with Crippen LogP contribution in [0.2, 0.25) is 0 Å². The van der Waals surface area contributed by atoms with Crippen LogP contribution in [0.3, 0.4) is 0 Å². The minimum Gasteiger partial charge on any atom is -0.355 e. The van der Waals surface area contributed by atoms with E-state index in [1.54, 1.807) is 12.3 Å². The standard InChI is InChI=1S/C15H14N4/c16-10-12-4-3-8-18-15(12)19-9-6-13(11-19)14-5-1-2-7-17-14/h1-5,7-8,13H,6,9,11H2/t13-/m0/s1. The monoisotopic (exact) mass is 250 g/mol. The molecule has 0 bridgehead atoms. The zero-order valence-electron chi connectivity index (χ0n) is 10.5. The van der Waals surface area contributed by atoms with Crippen molar-refractivity contribution >= 4 is 5.82 Å². The second kappa shape index (κ2) is 5.07. The fourth-order valence-corrected chi connectivity index (χ4v) is 2.55. The lowest BCUT2D eigenvalue weighted by Crippen LogP contribution is -2.21. The molecule has 19 heavy (non-hydrogen) atoms. The molecule has 0 unspecified atom stereocenters. The predicted octanol–water partition coefficient (Wildman–Crippen LogP) is 2.34. The molecule has 1 aliphatic heterocycles. The molecule has 0 radical (unpaired) electrons. The Morgan fingerprint density at radius 2 is 2.05 bits per heavy atom. The number of rotatable bonds is 2. The van der Waals surface area contributed by atoms with Crippen molar-refractivity contribution in [3.05, 3.63) is 54.0 Å². The van der Waals surface area contributed by atoms with Gasteiger partial charge in [-0.25, -0.2) is 4.98 Å². The zero-order chi connectivity index (χ0) is 13.1. The molecule has 0 amide bonds. The van der Waals surface area contributed by atoms with E-state index in [-0.39, 0.29) is 0 Å². The minimum atomic E-state index is 0.426. The summed E-state index contributed by atoms with van der Waals surface area (Å²) < 4.78 is 0. The summed E-state index contributed by atoms with van der Waals surface area (Å²) in [5, 5.41) is 9.13. The van der Waals surface area contributed by atoms with Gasteiger partial charge in [0.25, 0.3) is 0 Å². The molecule has 2 aromatic heterocycles. The van der Waals surface area contributed by atoms with E-state index in [2.05, 4.69) is 27.0 Å². The Hall–Kier alpha value is -2.41. The first-order chi connectivity index (χ1) is 9.38. The van der Waals surface area contributed by atoms with Crippen LogP contribution in [-0.4, -0.2) is 23.1 Å². The summed E-state index contributed by atoms with van der Waals surface area (Å²) in [4.78, 5) is 10.9. The van der Waals surface area contributed by atoms with E-state index in [1.807, 2.05) is 24.4 Å². The molecule has 0 spiro atoms. The summed E-state index contributed by atoms with van der Waals surface area (Å²) in [5.74, 6) is 1.22. The highest BCUT2D eigenvalue weighted by Crippen LogP contribution is 2.29. The number of anilines is 1. The Morgan fingerprint density at radius 3 is 2.84 bits per heavy atom. The highest BCUT2D eigenvalue weighted by Gasteiger charge is 2.26. The zero-order valence-corrected chi connectivity index (χ0v) is 10.5. The van der Waals surface area contributed by atoms with Crippen molar-refractivity contribution in [2.75, 3.05) is 18.0 Å². The van der Waals surface area contributed by atoms with E-state index < -0.39 is 0 Å². The van der Waals surface area contributed by atoms with Crippen LogP contribution in [0.5, 0.6) is 0 Å². The van der Waals surface area contributed by atoms with Crippen molar-refractivity contribution in [1.82, 2.24) is 9.97 Å². The molecule has 4 nitrogen and oxygen atoms in total. The first-order valence-corrected chi connectivity index (χ1v) is 6.39. The normalized spacial score (nSPS) is 18.3. The maximum atomic E-state index is 9.13. The van der Waals surface area contributed by atoms with Crippen LogP contribution in [0.25, 0.3) is 0 Å². The van der Waals surface area contributed by atoms with E-state index in [0.29, 0.717) is 11.5 Å². The molecular weight excluding hydrogens is 236 g/mol. The molecule has 0 saturated carbocycles. The molecule has 1 atom stereocenters. The summed E-state index contributed by atoms with van der Waals surface area (Å²) in [7, 11) is 0. The van der Waals surface area contributed by atoms with Crippen LogP contribution >= 0.6 is 0 Å². The topological polar surface area (TPSA) is 52.8 Å².